The van der Waals surface area contributed by atoms with Crippen LogP contribution in [-0.4, -0.2) is 46.8 Å². The van der Waals surface area contributed by atoms with Crippen LogP contribution in [0.1, 0.15) is 5.56 Å². The van der Waals surface area contributed by atoms with Crippen LogP contribution in [0.25, 0.3) is 11.0 Å². The van der Waals surface area contributed by atoms with Crippen LogP contribution >= 0.6 is 23.2 Å². The van der Waals surface area contributed by atoms with Crippen molar-refractivity contribution in [2.24, 2.45) is 0 Å². The van der Waals surface area contributed by atoms with Crippen molar-refractivity contribution >= 4 is 46.0 Å². The molecule has 3 aromatic rings. The van der Waals surface area contributed by atoms with Crippen LogP contribution in [0.4, 0.5) is 10.5 Å². The topological polar surface area (TPSA) is 79.4 Å². The molecule has 0 spiro atoms. The lowest BCUT2D eigenvalue weighted by Gasteiger charge is -2.26. The number of benzene rings is 2. The van der Waals surface area contributed by atoms with Gasteiger partial charge in [-0.2, -0.15) is 0 Å². The van der Waals surface area contributed by atoms with E-state index in [1.54, 1.807) is 0 Å². The summed E-state index contributed by atoms with van der Waals surface area (Å²) in [5.74, 6) is 0. The molecule has 9 heteroatoms. The number of carbonyl (C=O) groups is 1. The molecule has 1 amide bonds. The minimum Gasteiger partial charge on any atom is -0.379 e. The van der Waals surface area contributed by atoms with Crippen molar-refractivity contribution in [3.8, 4) is 0 Å². The molecule has 0 radical (unpaired) electrons. The van der Waals surface area contributed by atoms with Gasteiger partial charge in [-0.1, -0.05) is 35.3 Å². The number of hydrogen-bond donors (Lipinski definition) is 2. The Morgan fingerprint density at radius 3 is 2.50 bits per heavy atom. The highest BCUT2D eigenvalue weighted by molar-refractivity contribution is 6.42. The van der Waals surface area contributed by atoms with E-state index in [1.165, 1.54) is 12.1 Å². The van der Waals surface area contributed by atoms with Crippen LogP contribution in [0.5, 0.6) is 0 Å². The number of H-pyrrole nitrogens is 1. The number of ether oxygens (including phenoxy) is 1. The molecule has 0 atom stereocenters. The monoisotopic (exact) mass is 420 g/mol. The van der Waals surface area contributed by atoms with Crippen molar-refractivity contribution in [1.29, 1.82) is 0 Å². The molecular formula is C19H18Cl2N4O3. The van der Waals surface area contributed by atoms with Crippen molar-refractivity contribution in [3.63, 3.8) is 0 Å². The summed E-state index contributed by atoms with van der Waals surface area (Å²) in [5, 5.41) is 3.31. The van der Waals surface area contributed by atoms with Gasteiger partial charge in [-0.25, -0.2) is 14.2 Å². The van der Waals surface area contributed by atoms with Crippen LogP contribution < -0.4 is 11.0 Å². The summed E-state index contributed by atoms with van der Waals surface area (Å²) in [6, 6.07) is 9.98. The summed E-state index contributed by atoms with van der Waals surface area (Å²) in [6.07, 6.45) is 0. The zero-order valence-electron chi connectivity index (χ0n) is 14.9. The lowest BCUT2D eigenvalue weighted by molar-refractivity contribution is 0.0342. The first-order valence-corrected chi connectivity index (χ1v) is 9.57. The van der Waals surface area contributed by atoms with Gasteiger partial charge in [0.1, 0.15) is 0 Å². The second-order valence-electron chi connectivity index (χ2n) is 6.56. The molecule has 0 aliphatic carbocycles. The number of fused-ring (bicyclic) bond motifs is 1. The minimum atomic E-state index is -0.574. The maximum atomic E-state index is 12.6. The van der Waals surface area contributed by atoms with E-state index in [9.17, 15) is 9.59 Å². The molecule has 7 nitrogen and oxygen atoms in total. The van der Waals surface area contributed by atoms with Crippen LogP contribution in [-0.2, 0) is 11.3 Å². The van der Waals surface area contributed by atoms with Gasteiger partial charge >= 0.3 is 11.7 Å². The van der Waals surface area contributed by atoms with Crippen LogP contribution in [0.3, 0.4) is 0 Å². The highest BCUT2D eigenvalue weighted by Crippen LogP contribution is 2.26. The van der Waals surface area contributed by atoms with Crippen molar-refractivity contribution in [2.45, 2.75) is 6.54 Å². The van der Waals surface area contributed by atoms with Crippen LogP contribution in [0, 0.1) is 0 Å². The minimum absolute atomic E-state index is 0.266. The van der Waals surface area contributed by atoms with Gasteiger partial charge in [0.25, 0.3) is 0 Å². The van der Waals surface area contributed by atoms with Gasteiger partial charge < -0.3 is 15.0 Å². The smallest absolute Gasteiger partial charge is 0.334 e. The average Bonchev–Trinajstić information content (AvgIpc) is 2.99. The molecule has 2 aromatic carbocycles. The fraction of sp³-hybridized carbons (Fsp3) is 0.263. The SMILES string of the molecule is O=C(Nc1ccc(CN2CCOCC2)cc1)n1c(=O)[nH]c2cc(Cl)c(Cl)cc21. The Morgan fingerprint density at radius 1 is 1.11 bits per heavy atom. The number of rotatable bonds is 3. The zero-order chi connectivity index (χ0) is 19.7. The Hall–Kier alpha value is -2.32. The molecule has 0 saturated carbocycles. The van der Waals surface area contributed by atoms with Crippen molar-refractivity contribution in [2.75, 3.05) is 31.6 Å². The number of amides is 1. The number of anilines is 1. The van der Waals surface area contributed by atoms with Gasteiger partial charge in [-0.15, -0.1) is 0 Å². The quantitative estimate of drug-likeness (QED) is 0.678. The standard InChI is InChI=1S/C19H18Cl2N4O3/c20-14-9-16-17(10-15(14)21)25(19(27)23-16)18(26)22-13-3-1-12(2-4-13)11-24-5-7-28-8-6-24/h1-4,9-10H,5-8,11H2,(H,22,26)(H,23,27). The Balaban J connectivity index is 1.51. The lowest BCUT2D eigenvalue weighted by Crippen LogP contribution is -2.35. The number of aromatic nitrogens is 2. The Bertz CT molecular complexity index is 1070. The number of aromatic amines is 1. The van der Waals surface area contributed by atoms with Gasteiger partial charge in [-0.05, 0) is 29.8 Å². The summed E-state index contributed by atoms with van der Waals surface area (Å²) >= 11 is 12.0. The number of morpholine rings is 1. The fourth-order valence-corrected chi connectivity index (χ4v) is 3.52. The molecule has 1 aliphatic rings. The third-order valence-corrected chi connectivity index (χ3v) is 5.36. The number of halogens is 2. The number of imidazole rings is 1. The number of nitrogens with one attached hydrogen (secondary N) is 2. The average molecular weight is 421 g/mol. The molecule has 28 heavy (non-hydrogen) atoms. The van der Waals surface area contributed by atoms with E-state index < -0.39 is 11.7 Å². The van der Waals surface area contributed by atoms with E-state index in [0.29, 0.717) is 21.7 Å². The summed E-state index contributed by atoms with van der Waals surface area (Å²) in [6.45, 7) is 4.16. The Kier molecular flexibility index (Phi) is 5.41. The van der Waals surface area contributed by atoms with E-state index >= 15 is 0 Å². The Morgan fingerprint density at radius 2 is 1.79 bits per heavy atom. The molecule has 0 unspecified atom stereocenters. The summed E-state index contributed by atoms with van der Waals surface area (Å²) in [5.41, 5.74) is 1.98. The Labute approximate surface area is 170 Å². The number of hydrogen-bond acceptors (Lipinski definition) is 4. The van der Waals surface area contributed by atoms with Gasteiger partial charge in [-0.3, -0.25) is 4.90 Å². The third kappa shape index (κ3) is 3.93. The molecule has 0 bridgehead atoms. The molecule has 146 valence electrons. The first-order chi connectivity index (χ1) is 13.5. The van der Waals surface area contributed by atoms with Crippen LogP contribution in [0.2, 0.25) is 10.0 Å². The summed E-state index contributed by atoms with van der Waals surface area (Å²) < 4.78 is 6.35. The van der Waals surface area contributed by atoms with Crippen molar-refractivity contribution in [1.82, 2.24) is 14.5 Å². The van der Waals surface area contributed by atoms with Gasteiger partial charge in [0.2, 0.25) is 0 Å². The van der Waals surface area contributed by atoms with E-state index in [0.717, 1.165) is 43.0 Å². The second kappa shape index (κ2) is 7.97. The van der Waals surface area contributed by atoms with Gasteiger partial charge in [0.05, 0.1) is 34.3 Å². The van der Waals surface area contributed by atoms with E-state index in [4.69, 9.17) is 27.9 Å². The van der Waals surface area contributed by atoms with E-state index in [2.05, 4.69) is 15.2 Å². The highest BCUT2D eigenvalue weighted by Gasteiger charge is 2.16. The lowest BCUT2D eigenvalue weighted by atomic mass is 10.2. The van der Waals surface area contributed by atoms with E-state index in [1.807, 2.05) is 24.3 Å². The van der Waals surface area contributed by atoms with Crippen LogP contribution in [0.15, 0.2) is 41.2 Å². The molecule has 1 fully saturated rings. The largest absolute Gasteiger partial charge is 0.379 e. The normalized spacial score (nSPS) is 15.1. The molecule has 1 saturated heterocycles. The predicted octanol–water partition coefficient (Wildman–Crippen LogP) is 3.55. The van der Waals surface area contributed by atoms with Crippen molar-refractivity contribution < 1.29 is 9.53 Å². The zero-order valence-corrected chi connectivity index (χ0v) is 16.4. The molecule has 4 rings (SSSR count). The molecular weight excluding hydrogens is 403 g/mol. The summed E-state index contributed by atoms with van der Waals surface area (Å²) in [7, 11) is 0. The number of nitrogens with zero attached hydrogens (tertiary/aromatic N) is 2. The first kappa shape index (κ1) is 19.0. The fourth-order valence-electron chi connectivity index (χ4n) is 3.19. The maximum absolute atomic E-state index is 12.6. The second-order valence-corrected chi connectivity index (χ2v) is 7.38. The highest BCUT2D eigenvalue weighted by atomic mass is 35.5. The first-order valence-electron chi connectivity index (χ1n) is 8.81. The molecule has 1 aromatic heterocycles. The molecule has 1 aliphatic heterocycles. The predicted molar refractivity (Wildman–Crippen MR) is 110 cm³/mol. The van der Waals surface area contributed by atoms with Crippen molar-refractivity contribution in [3.05, 3.63) is 62.5 Å². The third-order valence-electron chi connectivity index (χ3n) is 4.64. The number of carbonyl (C=O) groups excluding carboxylic acids is 1. The van der Waals surface area contributed by atoms with Gasteiger partial charge in [0.15, 0.2) is 0 Å². The van der Waals surface area contributed by atoms with Gasteiger partial charge in [0, 0.05) is 25.3 Å². The van der Waals surface area contributed by atoms with E-state index in [-0.39, 0.29) is 5.02 Å². The maximum Gasteiger partial charge on any atom is 0.334 e. The molecule has 2 N–H and O–H groups in total. The summed E-state index contributed by atoms with van der Waals surface area (Å²) in [4.78, 5) is 29.8. The molecule has 2 heterocycles.